The molecule has 0 heterocycles. The van der Waals surface area contributed by atoms with Crippen molar-refractivity contribution in [2.24, 2.45) is 10.8 Å². The summed E-state index contributed by atoms with van der Waals surface area (Å²) in [4.78, 5) is 22.6. The van der Waals surface area contributed by atoms with Crippen molar-refractivity contribution in [3.63, 3.8) is 0 Å². The molecule has 0 aliphatic carbocycles. The lowest BCUT2D eigenvalue weighted by Gasteiger charge is -2.10. The molecule has 2 aromatic carbocycles. The third-order valence-corrected chi connectivity index (χ3v) is 2.87. The van der Waals surface area contributed by atoms with Gasteiger partial charge in [-0.2, -0.15) is 5.10 Å². The predicted octanol–water partition coefficient (Wildman–Crippen LogP) is 2.06. The van der Waals surface area contributed by atoms with E-state index in [0.717, 1.165) is 0 Å². The quantitative estimate of drug-likeness (QED) is 0.379. The predicted molar refractivity (Wildman–Crippen MR) is 84.7 cm³/mol. The van der Waals surface area contributed by atoms with Crippen LogP contribution in [0.2, 0.25) is 0 Å². The van der Waals surface area contributed by atoms with Crippen molar-refractivity contribution in [2.45, 2.75) is 0 Å². The van der Waals surface area contributed by atoms with Gasteiger partial charge < -0.3 is 15.2 Å². The Bertz CT molecular complexity index is 793. The summed E-state index contributed by atoms with van der Waals surface area (Å²) in [7, 11) is 1.39. The molecule has 124 valence electrons. The van der Waals surface area contributed by atoms with Crippen molar-refractivity contribution in [3.05, 3.63) is 59.4 Å². The number of ether oxygens (including phenoxy) is 2. The average Bonchev–Trinajstić information content (AvgIpc) is 2.56. The van der Waals surface area contributed by atoms with Gasteiger partial charge in [0.1, 0.15) is 5.82 Å². The third-order valence-electron chi connectivity index (χ3n) is 2.87. The minimum atomic E-state index is -0.844. The normalized spacial score (nSPS) is 10.4. The zero-order valence-corrected chi connectivity index (χ0v) is 12.7. The van der Waals surface area contributed by atoms with Crippen LogP contribution < -0.4 is 20.6 Å². The Labute approximate surface area is 136 Å². The van der Waals surface area contributed by atoms with Gasteiger partial charge in [0.25, 0.3) is 0 Å². The van der Waals surface area contributed by atoms with E-state index in [0.29, 0.717) is 5.56 Å². The Balaban J connectivity index is 2.19. The minimum Gasteiger partial charge on any atom is -0.493 e. The number of benzene rings is 2. The number of nitrogens with one attached hydrogen (secondary N) is 1. The number of nitrogens with two attached hydrogens (primary N) is 1. The number of carbonyl (C=O) groups excluding carboxylic acids is 2. The van der Waals surface area contributed by atoms with Gasteiger partial charge in [-0.05, 0) is 35.9 Å². The Morgan fingerprint density at radius 2 is 1.96 bits per heavy atom. The van der Waals surface area contributed by atoms with Gasteiger partial charge in [-0.3, -0.25) is 0 Å². The second-order valence-corrected chi connectivity index (χ2v) is 4.51. The van der Waals surface area contributed by atoms with Crippen LogP contribution in [0.3, 0.4) is 0 Å². The van der Waals surface area contributed by atoms with Gasteiger partial charge in [-0.15, -0.1) is 0 Å². The maximum absolute atomic E-state index is 13.6. The van der Waals surface area contributed by atoms with E-state index in [2.05, 4.69) is 5.10 Å². The summed E-state index contributed by atoms with van der Waals surface area (Å²) in [6.07, 6.45) is 1.33. The molecule has 0 radical (unpaired) electrons. The van der Waals surface area contributed by atoms with Crippen LogP contribution in [0, 0.1) is 5.82 Å². The minimum absolute atomic E-state index is 0.116. The molecule has 7 nitrogen and oxygen atoms in total. The lowest BCUT2D eigenvalue weighted by molar-refractivity contribution is 0.0725. The van der Waals surface area contributed by atoms with Crippen LogP contribution in [0.25, 0.3) is 0 Å². The highest BCUT2D eigenvalue weighted by Crippen LogP contribution is 2.28. The van der Waals surface area contributed by atoms with E-state index in [4.69, 9.17) is 15.2 Å². The molecule has 0 atom stereocenters. The highest BCUT2D eigenvalue weighted by Gasteiger charge is 2.16. The first-order valence-electron chi connectivity index (χ1n) is 6.74. The van der Waals surface area contributed by atoms with Crippen LogP contribution in [0.4, 0.5) is 9.18 Å². The van der Waals surface area contributed by atoms with E-state index < -0.39 is 17.8 Å². The van der Waals surface area contributed by atoms with Gasteiger partial charge in [-0.1, -0.05) is 12.1 Å². The SMILES string of the molecule is COc1cc(/C=N\NC(N)=O)ccc1OC(=O)c1ccccc1F. The van der Waals surface area contributed by atoms with Crippen LogP contribution in [-0.4, -0.2) is 25.3 Å². The molecular weight excluding hydrogens is 317 g/mol. The first-order valence-corrected chi connectivity index (χ1v) is 6.74. The van der Waals surface area contributed by atoms with Crippen molar-refractivity contribution >= 4 is 18.2 Å². The summed E-state index contributed by atoms with van der Waals surface area (Å²) in [5, 5.41) is 3.60. The lowest BCUT2D eigenvalue weighted by Crippen LogP contribution is -2.24. The standard InChI is InChI=1S/C16H14FN3O4/c1-23-14-8-10(9-19-20-16(18)22)6-7-13(14)24-15(21)11-4-2-3-5-12(11)17/h2-9H,1H3,(H3,18,20,22)/b19-9-. The average molecular weight is 331 g/mol. The van der Waals surface area contributed by atoms with Crippen LogP contribution in [-0.2, 0) is 0 Å². The first kappa shape index (κ1) is 16.9. The smallest absolute Gasteiger partial charge is 0.346 e. The number of urea groups is 1. The number of hydrogen-bond donors (Lipinski definition) is 2. The molecule has 0 saturated heterocycles. The van der Waals surface area contributed by atoms with E-state index in [-0.39, 0.29) is 17.1 Å². The summed E-state index contributed by atoms with van der Waals surface area (Å²) in [6.45, 7) is 0. The lowest BCUT2D eigenvalue weighted by atomic mass is 10.2. The van der Waals surface area contributed by atoms with Gasteiger partial charge in [0.15, 0.2) is 11.5 Å². The van der Waals surface area contributed by atoms with Crippen LogP contribution in [0.5, 0.6) is 11.5 Å². The van der Waals surface area contributed by atoms with Crippen molar-refractivity contribution in [1.82, 2.24) is 5.43 Å². The molecule has 0 spiro atoms. The molecule has 0 aliphatic rings. The largest absolute Gasteiger partial charge is 0.493 e. The molecule has 0 bridgehead atoms. The fraction of sp³-hybridized carbons (Fsp3) is 0.0625. The number of rotatable bonds is 5. The second kappa shape index (κ2) is 7.73. The molecule has 2 amide bonds. The molecular formula is C16H14FN3O4. The van der Waals surface area contributed by atoms with Crippen LogP contribution >= 0.6 is 0 Å². The second-order valence-electron chi connectivity index (χ2n) is 4.51. The van der Waals surface area contributed by atoms with Gasteiger partial charge >= 0.3 is 12.0 Å². The number of esters is 1. The molecule has 0 aliphatic heterocycles. The summed E-state index contributed by atoms with van der Waals surface area (Å²) < 4.78 is 23.9. The van der Waals surface area contributed by atoms with Crippen LogP contribution in [0.1, 0.15) is 15.9 Å². The number of hydrogen-bond acceptors (Lipinski definition) is 5. The number of halogens is 1. The monoisotopic (exact) mass is 331 g/mol. The maximum atomic E-state index is 13.6. The summed E-state index contributed by atoms with van der Waals surface area (Å²) in [5.41, 5.74) is 7.31. The molecule has 0 saturated carbocycles. The van der Waals surface area contributed by atoms with Crippen molar-refractivity contribution in [1.29, 1.82) is 0 Å². The Kier molecular flexibility index (Phi) is 5.45. The van der Waals surface area contributed by atoms with E-state index in [9.17, 15) is 14.0 Å². The highest BCUT2D eigenvalue weighted by molar-refractivity contribution is 5.92. The maximum Gasteiger partial charge on any atom is 0.346 e. The molecule has 0 fully saturated rings. The number of nitrogens with zero attached hydrogens (tertiary/aromatic N) is 1. The topological polar surface area (TPSA) is 103 Å². The molecule has 8 heteroatoms. The first-order chi connectivity index (χ1) is 11.5. The zero-order valence-electron chi connectivity index (χ0n) is 12.7. The van der Waals surface area contributed by atoms with Gasteiger partial charge in [0, 0.05) is 0 Å². The summed E-state index contributed by atoms with van der Waals surface area (Å²) in [6, 6.07) is 9.25. The fourth-order valence-electron chi connectivity index (χ4n) is 1.80. The zero-order chi connectivity index (χ0) is 17.5. The van der Waals surface area contributed by atoms with Crippen molar-refractivity contribution < 1.29 is 23.5 Å². The Morgan fingerprint density at radius 1 is 1.21 bits per heavy atom. The Hall–Kier alpha value is -3.42. The Morgan fingerprint density at radius 3 is 2.62 bits per heavy atom. The fourth-order valence-corrected chi connectivity index (χ4v) is 1.80. The van der Waals surface area contributed by atoms with Crippen molar-refractivity contribution in [2.75, 3.05) is 7.11 Å². The van der Waals surface area contributed by atoms with E-state index in [1.165, 1.54) is 49.7 Å². The number of carbonyl (C=O) groups is 2. The third kappa shape index (κ3) is 4.29. The molecule has 2 aromatic rings. The summed E-state index contributed by atoms with van der Waals surface area (Å²) >= 11 is 0. The van der Waals surface area contributed by atoms with Gasteiger partial charge in [0.05, 0.1) is 18.9 Å². The van der Waals surface area contributed by atoms with Crippen molar-refractivity contribution in [3.8, 4) is 11.5 Å². The summed E-state index contributed by atoms with van der Waals surface area (Å²) in [5.74, 6) is -1.17. The number of hydrazone groups is 1. The van der Waals surface area contributed by atoms with Gasteiger partial charge in [0.2, 0.25) is 0 Å². The number of amides is 2. The van der Waals surface area contributed by atoms with E-state index >= 15 is 0 Å². The number of primary amides is 1. The molecule has 0 aromatic heterocycles. The molecule has 0 unspecified atom stereocenters. The number of methoxy groups -OCH3 is 1. The van der Waals surface area contributed by atoms with E-state index in [1.807, 2.05) is 5.43 Å². The van der Waals surface area contributed by atoms with E-state index in [1.54, 1.807) is 6.07 Å². The molecule has 3 N–H and O–H groups in total. The van der Waals surface area contributed by atoms with Gasteiger partial charge in [-0.25, -0.2) is 19.4 Å². The molecule has 24 heavy (non-hydrogen) atoms. The highest BCUT2D eigenvalue weighted by atomic mass is 19.1. The van der Waals surface area contributed by atoms with Crippen LogP contribution in [0.15, 0.2) is 47.6 Å². The molecule has 2 rings (SSSR count).